The van der Waals surface area contributed by atoms with Gasteiger partial charge in [0.2, 0.25) is 0 Å². The summed E-state index contributed by atoms with van der Waals surface area (Å²) in [7, 11) is 0. The van der Waals surface area contributed by atoms with Crippen LogP contribution in [0.5, 0.6) is 5.75 Å². The topological polar surface area (TPSA) is 112 Å². The fourth-order valence-corrected chi connectivity index (χ4v) is 4.29. The quantitative estimate of drug-likeness (QED) is 0.399. The van der Waals surface area contributed by atoms with Gasteiger partial charge in [-0.2, -0.15) is 0 Å². The lowest BCUT2D eigenvalue weighted by Gasteiger charge is -2.30. The summed E-state index contributed by atoms with van der Waals surface area (Å²) in [6, 6.07) is 7.09. The lowest BCUT2D eigenvalue weighted by Crippen LogP contribution is -2.39. The van der Waals surface area contributed by atoms with Gasteiger partial charge in [0.1, 0.15) is 0 Å². The van der Waals surface area contributed by atoms with E-state index in [1.54, 1.807) is 18.2 Å². The maximum absolute atomic E-state index is 13.9. The number of aromatic hydroxyl groups is 1. The van der Waals surface area contributed by atoms with Crippen LogP contribution in [0.1, 0.15) is 43.0 Å². The van der Waals surface area contributed by atoms with Crippen molar-refractivity contribution >= 4 is 28.5 Å². The largest absolute Gasteiger partial charge is 0.503 e. The molecule has 1 fully saturated rings. The summed E-state index contributed by atoms with van der Waals surface area (Å²) in [4.78, 5) is 27.6. The molecular formula is C24H23F2N3O4. The van der Waals surface area contributed by atoms with E-state index in [4.69, 9.17) is 5.11 Å². The maximum Gasteiger partial charge on any atom is 0.404 e. The molecular weight excluding hydrogens is 432 g/mol. The van der Waals surface area contributed by atoms with Crippen molar-refractivity contribution in [3.05, 3.63) is 53.7 Å². The number of rotatable bonds is 5. The van der Waals surface area contributed by atoms with Crippen LogP contribution in [0.15, 0.2) is 36.5 Å². The Morgan fingerprint density at radius 3 is 2.24 bits per heavy atom. The van der Waals surface area contributed by atoms with Gasteiger partial charge in [0.05, 0.1) is 16.8 Å². The third-order valence-electron chi connectivity index (χ3n) is 6.00. The van der Waals surface area contributed by atoms with Crippen molar-refractivity contribution in [2.24, 2.45) is 0 Å². The summed E-state index contributed by atoms with van der Waals surface area (Å²) in [5.41, 5.74) is 2.33. The number of carbonyl (C=O) groups excluding carboxylic acids is 1. The first-order chi connectivity index (χ1) is 15.7. The van der Waals surface area contributed by atoms with Gasteiger partial charge in [-0.1, -0.05) is 6.07 Å². The third kappa shape index (κ3) is 4.72. The average molecular weight is 455 g/mol. The third-order valence-corrected chi connectivity index (χ3v) is 6.00. The van der Waals surface area contributed by atoms with E-state index in [-0.39, 0.29) is 23.4 Å². The molecule has 3 aromatic rings. The summed E-state index contributed by atoms with van der Waals surface area (Å²) < 4.78 is 27.8. The van der Waals surface area contributed by atoms with Gasteiger partial charge in [0, 0.05) is 23.7 Å². The molecule has 1 aliphatic carbocycles. The van der Waals surface area contributed by atoms with E-state index in [0.29, 0.717) is 53.4 Å². The Balaban J connectivity index is 1.71. The van der Waals surface area contributed by atoms with Crippen molar-refractivity contribution in [3.8, 4) is 16.9 Å². The fraction of sp³-hybridized carbons (Fsp3) is 0.292. The van der Waals surface area contributed by atoms with Crippen molar-refractivity contribution in [2.75, 3.05) is 5.32 Å². The number of hydrogen-bond donors (Lipinski definition) is 4. The smallest absolute Gasteiger partial charge is 0.404 e. The molecule has 2 aromatic carbocycles. The summed E-state index contributed by atoms with van der Waals surface area (Å²) in [6.07, 6.45) is 3.21. The van der Waals surface area contributed by atoms with Crippen LogP contribution in [0.4, 0.5) is 19.3 Å². The van der Waals surface area contributed by atoms with Gasteiger partial charge in [-0.3, -0.25) is 9.78 Å². The summed E-state index contributed by atoms with van der Waals surface area (Å²) in [5, 5.41) is 24.9. The van der Waals surface area contributed by atoms with E-state index in [1.165, 1.54) is 13.1 Å². The normalized spacial score (nSPS) is 18.2. The van der Waals surface area contributed by atoms with E-state index >= 15 is 0 Å². The van der Waals surface area contributed by atoms with Crippen molar-refractivity contribution in [1.29, 1.82) is 0 Å². The zero-order chi connectivity index (χ0) is 23.7. The molecule has 172 valence electrons. The van der Waals surface area contributed by atoms with Gasteiger partial charge in [-0.15, -0.1) is 0 Å². The monoisotopic (exact) mass is 455 g/mol. The minimum absolute atomic E-state index is 0.0211. The number of amides is 1. The average Bonchev–Trinajstić information content (AvgIpc) is 2.77. The Bertz CT molecular complexity index is 1220. The van der Waals surface area contributed by atoms with Gasteiger partial charge in [0.25, 0.3) is 0 Å². The van der Waals surface area contributed by atoms with Crippen LogP contribution in [-0.2, 0) is 0 Å². The van der Waals surface area contributed by atoms with Crippen LogP contribution in [0.2, 0.25) is 0 Å². The number of nitrogens with zero attached hydrogens (tertiary/aromatic N) is 1. The molecule has 0 spiro atoms. The van der Waals surface area contributed by atoms with Crippen molar-refractivity contribution < 1.29 is 28.6 Å². The van der Waals surface area contributed by atoms with Gasteiger partial charge in [-0.05, 0) is 68.0 Å². The Labute approximate surface area is 188 Å². The lowest BCUT2D eigenvalue weighted by molar-refractivity contribution is 0.101. The number of benzene rings is 2. The highest BCUT2D eigenvalue weighted by Gasteiger charge is 2.24. The molecule has 0 unspecified atom stereocenters. The number of halogens is 2. The molecule has 4 rings (SSSR count). The first kappa shape index (κ1) is 22.4. The van der Waals surface area contributed by atoms with Crippen molar-refractivity contribution in [2.45, 2.75) is 44.7 Å². The highest BCUT2D eigenvalue weighted by Crippen LogP contribution is 2.34. The second kappa shape index (κ2) is 9.01. The molecule has 1 saturated carbocycles. The maximum atomic E-state index is 13.9. The Hall–Kier alpha value is -3.75. The standard InChI is InChI=1S/C24H23F2N3O4/c1-12(30)18-11-27-21-7-2-13(14-9-19(25)23(31)20(26)10-14)8-17(21)22(18)28-15-3-5-16(6-4-15)29-24(32)33/h2,7-11,15-16,29,31H,3-6H2,1H3,(H,27,28)(H,32,33)/t15-,16-. The van der Waals surface area contributed by atoms with Gasteiger partial charge in [-0.25, -0.2) is 13.6 Å². The Kier molecular flexibility index (Phi) is 6.13. The lowest BCUT2D eigenvalue weighted by atomic mass is 9.90. The number of Topliss-reactive ketones (excluding diaryl/α,β-unsaturated/α-hetero) is 1. The van der Waals surface area contributed by atoms with Crippen LogP contribution >= 0.6 is 0 Å². The highest BCUT2D eigenvalue weighted by atomic mass is 19.1. The number of pyridine rings is 1. The number of ketones is 1. The Morgan fingerprint density at radius 2 is 1.64 bits per heavy atom. The minimum Gasteiger partial charge on any atom is -0.503 e. The SMILES string of the molecule is CC(=O)c1cnc2ccc(-c3cc(F)c(O)c(F)c3)cc2c1N[C@H]1CC[C@H](NC(=O)O)CC1. The van der Waals surface area contributed by atoms with Gasteiger partial charge in [0.15, 0.2) is 23.2 Å². The molecule has 4 N–H and O–H groups in total. The van der Waals surface area contributed by atoms with E-state index in [0.717, 1.165) is 12.1 Å². The van der Waals surface area contributed by atoms with Crippen LogP contribution < -0.4 is 10.6 Å². The van der Waals surface area contributed by atoms with E-state index in [9.17, 15) is 23.5 Å². The van der Waals surface area contributed by atoms with Crippen molar-refractivity contribution in [3.63, 3.8) is 0 Å². The van der Waals surface area contributed by atoms with Crippen LogP contribution in [0.25, 0.3) is 22.0 Å². The number of anilines is 1. The Morgan fingerprint density at radius 1 is 1.00 bits per heavy atom. The molecule has 0 aliphatic heterocycles. The predicted molar refractivity (Wildman–Crippen MR) is 120 cm³/mol. The predicted octanol–water partition coefficient (Wildman–Crippen LogP) is 5.08. The first-order valence-electron chi connectivity index (χ1n) is 10.6. The van der Waals surface area contributed by atoms with Crippen LogP contribution in [0, 0.1) is 11.6 Å². The number of aromatic nitrogens is 1. The zero-order valence-corrected chi connectivity index (χ0v) is 17.9. The van der Waals surface area contributed by atoms with Gasteiger partial charge < -0.3 is 20.8 Å². The van der Waals surface area contributed by atoms with Gasteiger partial charge >= 0.3 is 6.09 Å². The molecule has 1 amide bonds. The highest BCUT2D eigenvalue weighted by molar-refractivity contribution is 6.07. The number of phenolic OH excluding ortho intramolecular Hbond substituents is 1. The van der Waals surface area contributed by atoms with E-state index < -0.39 is 23.5 Å². The zero-order valence-electron chi connectivity index (χ0n) is 17.9. The number of carboxylic acid groups (broad SMARTS) is 1. The number of nitrogens with one attached hydrogen (secondary N) is 2. The van der Waals surface area contributed by atoms with E-state index in [1.807, 2.05) is 0 Å². The van der Waals surface area contributed by atoms with Crippen LogP contribution in [0.3, 0.4) is 0 Å². The minimum atomic E-state index is -1.06. The molecule has 0 saturated heterocycles. The molecule has 0 bridgehead atoms. The summed E-state index contributed by atoms with van der Waals surface area (Å²) >= 11 is 0. The van der Waals surface area contributed by atoms with Crippen LogP contribution in [-0.4, -0.2) is 39.2 Å². The number of phenols is 1. The molecule has 7 nitrogen and oxygen atoms in total. The van der Waals surface area contributed by atoms with Crippen molar-refractivity contribution in [1.82, 2.24) is 10.3 Å². The molecule has 0 radical (unpaired) electrons. The first-order valence-corrected chi connectivity index (χ1v) is 10.6. The molecule has 1 aromatic heterocycles. The number of carbonyl (C=O) groups is 2. The molecule has 9 heteroatoms. The second-order valence-electron chi connectivity index (χ2n) is 8.27. The molecule has 0 atom stereocenters. The molecule has 1 aliphatic rings. The molecule has 33 heavy (non-hydrogen) atoms. The molecule has 1 heterocycles. The second-order valence-corrected chi connectivity index (χ2v) is 8.27. The summed E-state index contributed by atoms with van der Waals surface area (Å²) in [6.45, 7) is 1.44. The van der Waals surface area contributed by atoms with E-state index in [2.05, 4.69) is 15.6 Å². The number of fused-ring (bicyclic) bond motifs is 1. The fourth-order valence-electron chi connectivity index (χ4n) is 4.29. The number of hydrogen-bond acceptors (Lipinski definition) is 5. The summed E-state index contributed by atoms with van der Waals surface area (Å²) in [5.74, 6) is -3.34.